The fourth-order valence-corrected chi connectivity index (χ4v) is 3.37. The molecule has 1 aliphatic heterocycles. The summed E-state index contributed by atoms with van der Waals surface area (Å²) in [5.41, 5.74) is 0.920. The van der Waals surface area contributed by atoms with Crippen LogP contribution in [-0.4, -0.2) is 54.7 Å². The number of ether oxygens (including phenoxy) is 2. The minimum absolute atomic E-state index is 0.0427. The van der Waals surface area contributed by atoms with Crippen LogP contribution in [0.3, 0.4) is 0 Å². The standard InChI is InChI=1S/C16H24N2O4S/c1-11(2)13-10-23-15(17-13)16(20)18(7-6-14(19)21-3)9-12-5-4-8-22-12/h10-12H,4-9H2,1-3H3. The molecule has 0 aromatic carbocycles. The van der Waals surface area contributed by atoms with Gasteiger partial charge >= 0.3 is 5.97 Å². The third-order valence-corrected chi connectivity index (χ3v) is 4.69. The van der Waals surface area contributed by atoms with Gasteiger partial charge in [0.15, 0.2) is 5.01 Å². The summed E-state index contributed by atoms with van der Waals surface area (Å²) in [6.45, 7) is 5.64. The van der Waals surface area contributed by atoms with Crippen molar-refractivity contribution in [3.05, 3.63) is 16.1 Å². The van der Waals surface area contributed by atoms with Crippen molar-refractivity contribution in [3.63, 3.8) is 0 Å². The van der Waals surface area contributed by atoms with Crippen LogP contribution in [0.2, 0.25) is 0 Å². The number of nitrogens with zero attached hydrogens (tertiary/aromatic N) is 2. The summed E-state index contributed by atoms with van der Waals surface area (Å²) in [6, 6.07) is 0. The Morgan fingerprint density at radius 3 is 2.87 bits per heavy atom. The normalized spacial score (nSPS) is 17.5. The second kappa shape index (κ2) is 8.40. The number of esters is 1. The first-order valence-corrected chi connectivity index (χ1v) is 8.82. The van der Waals surface area contributed by atoms with E-state index in [-0.39, 0.29) is 30.3 Å². The highest BCUT2D eigenvalue weighted by molar-refractivity contribution is 7.11. The van der Waals surface area contributed by atoms with E-state index in [1.807, 2.05) is 19.2 Å². The van der Waals surface area contributed by atoms with Gasteiger partial charge in [-0.2, -0.15) is 0 Å². The van der Waals surface area contributed by atoms with Gasteiger partial charge in [0.25, 0.3) is 5.91 Å². The lowest BCUT2D eigenvalue weighted by atomic mass is 10.2. The van der Waals surface area contributed by atoms with Crippen molar-refractivity contribution in [1.82, 2.24) is 9.88 Å². The molecule has 0 spiro atoms. The summed E-state index contributed by atoms with van der Waals surface area (Å²) < 4.78 is 10.3. The molecule has 0 radical (unpaired) electrons. The zero-order chi connectivity index (χ0) is 16.8. The van der Waals surface area contributed by atoms with Crippen molar-refractivity contribution in [1.29, 1.82) is 0 Å². The number of rotatable bonds is 7. The molecule has 1 amide bonds. The second-order valence-electron chi connectivity index (χ2n) is 5.94. The van der Waals surface area contributed by atoms with Gasteiger partial charge in [0.1, 0.15) is 0 Å². The summed E-state index contributed by atoms with van der Waals surface area (Å²) in [5.74, 6) is -0.173. The molecule has 1 aromatic heterocycles. The highest BCUT2D eigenvalue weighted by Gasteiger charge is 2.26. The Bertz CT molecular complexity index is 538. The van der Waals surface area contributed by atoms with E-state index in [0.717, 1.165) is 25.1 Å². The van der Waals surface area contributed by atoms with Gasteiger partial charge in [0.2, 0.25) is 0 Å². The minimum atomic E-state index is -0.322. The van der Waals surface area contributed by atoms with Crippen LogP contribution in [0.5, 0.6) is 0 Å². The first kappa shape index (κ1) is 17.9. The van der Waals surface area contributed by atoms with Gasteiger partial charge in [-0.3, -0.25) is 9.59 Å². The van der Waals surface area contributed by atoms with Crippen molar-refractivity contribution in [2.45, 2.75) is 45.1 Å². The van der Waals surface area contributed by atoms with Crippen molar-refractivity contribution in [3.8, 4) is 0 Å². The lowest BCUT2D eigenvalue weighted by molar-refractivity contribution is -0.140. The third kappa shape index (κ3) is 5.00. The molecule has 1 atom stereocenters. The Morgan fingerprint density at radius 1 is 1.52 bits per heavy atom. The average Bonchev–Trinajstić information content (AvgIpc) is 3.21. The Hall–Kier alpha value is -1.47. The van der Waals surface area contributed by atoms with Crippen molar-refractivity contribution in [2.75, 3.05) is 26.8 Å². The fraction of sp³-hybridized carbons (Fsp3) is 0.688. The van der Waals surface area contributed by atoms with Crippen LogP contribution in [0.4, 0.5) is 0 Å². The van der Waals surface area contributed by atoms with Crippen molar-refractivity contribution >= 4 is 23.2 Å². The van der Waals surface area contributed by atoms with Gasteiger partial charge in [-0.05, 0) is 18.8 Å². The van der Waals surface area contributed by atoms with Crippen LogP contribution in [0.25, 0.3) is 0 Å². The van der Waals surface area contributed by atoms with Crippen LogP contribution in [-0.2, 0) is 14.3 Å². The highest BCUT2D eigenvalue weighted by Crippen LogP contribution is 2.20. The zero-order valence-corrected chi connectivity index (χ0v) is 14.7. The van der Waals surface area contributed by atoms with E-state index in [1.54, 1.807) is 4.90 Å². The van der Waals surface area contributed by atoms with E-state index >= 15 is 0 Å². The summed E-state index contributed by atoms with van der Waals surface area (Å²) in [4.78, 5) is 30.2. The largest absolute Gasteiger partial charge is 0.469 e. The molecule has 23 heavy (non-hydrogen) atoms. The Morgan fingerprint density at radius 2 is 2.30 bits per heavy atom. The van der Waals surface area contributed by atoms with Gasteiger partial charge in [-0.25, -0.2) is 4.98 Å². The molecule has 1 unspecified atom stereocenters. The van der Waals surface area contributed by atoms with Gasteiger partial charge in [-0.15, -0.1) is 11.3 Å². The molecule has 0 aliphatic carbocycles. The molecule has 1 aliphatic rings. The lowest BCUT2D eigenvalue weighted by Gasteiger charge is -2.24. The molecular weight excluding hydrogens is 316 g/mol. The molecule has 0 N–H and O–H groups in total. The first-order chi connectivity index (χ1) is 11.0. The molecule has 0 saturated carbocycles. The van der Waals surface area contributed by atoms with Crippen LogP contribution in [0.15, 0.2) is 5.38 Å². The van der Waals surface area contributed by atoms with E-state index < -0.39 is 0 Å². The molecule has 7 heteroatoms. The predicted molar refractivity (Wildman–Crippen MR) is 87.7 cm³/mol. The topological polar surface area (TPSA) is 68.7 Å². The number of hydrogen-bond acceptors (Lipinski definition) is 6. The van der Waals surface area contributed by atoms with E-state index in [9.17, 15) is 9.59 Å². The maximum atomic E-state index is 12.7. The maximum absolute atomic E-state index is 12.7. The number of methoxy groups -OCH3 is 1. The van der Waals surface area contributed by atoms with Crippen LogP contribution >= 0.6 is 11.3 Å². The Balaban J connectivity index is 2.06. The van der Waals surface area contributed by atoms with Crippen molar-refractivity contribution in [2.24, 2.45) is 0 Å². The number of amides is 1. The molecule has 1 aromatic rings. The molecule has 1 saturated heterocycles. The highest BCUT2D eigenvalue weighted by atomic mass is 32.1. The second-order valence-corrected chi connectivity index (χ2v) is 6.80. The maximum Gasteiger partial charge on any atom is 0.307 e. The quantitative estimate of drug-likeness (QED) is 0.713. The third-order valence-electron chi connectivity index (χ3n) is 3.85. The monoisotopic (exact) mass is 340 g/mol. The fourth-order valence-electron chi connectivity index (χ4n) is 2.42. The van der Waals surface area contributed by atoms with Gasteiger partial charge in [0.05, 0.1) is 25.3 Å². The molecule has 6 nitrogen and oxygen atoms in total. The number of thiazole rings is 1. The smallest absolute Gasteiger partial charge is 0.307 e. The summed E-state index contributed by atoms with van der Waals surface area (Å²) in [6.07, 6.45) is 2.17. The number of carbonyl (C=O) groups is 2. The summed E-state index contributed by atoms with van der Waals surface area (Å²) in [5, 5.41) is 2.39. The zero-order valence-electron chi connectivity index (χ0n) is 13.9. The number of hydrogen-bond donors (Lipinski definition) is 0. The minimum Gasteiger partial charge on any atom is -0.469 e. The van der Waals surface area contributed by atoms with Gasteiger partial charge < -0.3 is 14.4 Å². The Kier molecular flexibility index (Phi) is 6.53. The van der Waals surface area contributed by atoms with E-state index in [2.05, 4.69) is 9.72 Å². The molecule has 1 fully saturated rings. The molecule has 2 heterocycles. The number of aromatic nitrogens is 1. The van der Waals surface area contributed by atoms with Crippen molar-refractivity contribution < 1.29 is 19.1 Å². The number of carbonyl (C=O) groups excluding carboxylic acids is 2. The molecule has 128 valence electrons. The van der Waals surface area contributed by atoms with Crippen LogP contribution in [0.1, 0.15) is 54.5 Å². The van der Waals surface area contributed by atoms with E-state index in [4.69, 9.17) is 4.74 Å². The van der Waals surface area contributed by atoms with Gasteiger partial charge in [-0.1, -0.05) is 13.8 Å². The van der Waals surface area contributed by atoms with E-state index in [0.29, 0.717) is 18.1 Å². The first-order valence-electron chi connectivity index (χ1n) is 7.94. The Labute approximate surface area is 140 Å². The summed E-state index contributed by atoms with van der Waals surface area (Å²) in [7, 11) is 1.35. The molecule has 0 bridgehead atoms. The van der Waals surface area contributed by atoms with Crippen LogP contribution < -0.4 is 0 Å². The predicted octanol–water partition coefficient (Wildman–Crippen LogP) is 2.45. The average molecular weight is 340 g/mol. The lowest BCUT2D eigenvalue weighted by Crippen LogP contribution is -2.38. The molecular formula is C16H24N2O4S. The van der Waals surface area contributed by atoms with Gasteiger partial charge in [0, 0.05) is 25.1 Å². The SMILES string of the molecule is COC(=O)CCN(CC1CCCO1)C(=O)c1nc(C(C)C)cs1. The van der Waals surface area contributed by atoms with E-state index in [1.165, 1.54) is 18.4 Å². The summed E-state index contributed by atoms with van der Waals surface area (Å²) >= 11 is 1.35. The van der Waals surface area contributed by atoms with Crippen LogP contribution in [0, 0.1) is 0 Å². The molecule has 2 rings (SSSR count).